The zero-order valence-electron chi connectivity index (χ0n) is 7.52. The zero-order valence-corrected chi connectivity index (χ0v) is 9.11. The first kappa shape index (κ1) is 12.1. The Morgan fingerprint density at radius 1 is 1.53 bits per heavy atom. The van der Waals surface area contributed by atoms with Gasteiger partial charge < -0.3 is 15.9 Å². The average Bonchev–Trinajstić information content (AvgIpc) is 2.15. The smallest absolute Gasteiger partial charge is 0.323 e. The first-order chi connectivity index (χ1) is 6.95. The standard InChI is InChI=1S/C9H9BrFNO3/c10-4-2-1-3-5(11)6(4)8(13)7(12)9(14)15/h1-3,7-8,13H,12H2,(H,14,15). The Morgan fingerprint density at radius 3 is 2.60 bits per heavy atom. The third-order valence-electron chi connectivity index (χ3n) is 1.92. The number of aliphatic carboxylic acids is 1. The lowest BCUT2D eigenvalue weighted by atomic mass is 10.0. The van der Waals surface area contributed by atoms with Crippen molar-refractivity contribution in [2.45, 2.75) is 12.1 Å². The van der Waals surface area contributed by atoms with Crippen molar-refractivity contribution >= 4 is 21.9 Å². The molecule has 0 aliphatic heterocycles. The minimum absolute atomic E-state index is 0.146. The molecule has 1 aromatic carbocycles. The van der Waals surface area contributed by atoms with E-state index in [1.165, 1.54) is 12.1 Å². The maximum absolute atomic E-state index is 13.3. The molecule has 0 bridgehead atoms. The Labute approximate surface area is 93.6 Å². The van der Waals surface area contributed by atoms with E-state index in [0.717, 1.165) is 6.07 Å². The van der Waals surface area contributed by atoms with Gasteiger partial charge in [0.2, 0.25) is 0 Å². The summed E-state index contributed by atoms with van der Waals surface area (Å²) in [5, 5.41) is 18.1. The molecule has 6 heteroatoms. The molecule has 0 aliphatic rings. The Kier molecular flexibility index (Phi) is 3.78. The molecule has 2 unspecified atom stereocenters. The van der Waals surface area contributed by atoms with E-state index < -0.39 is 23.9 Å². The van der Waals surface area contributed by atoms with E-state index in [0.29, 0.717) is 0 Å². The summed E-state index contributed by atoms with van der Waals surface area (Å²) in [5.74, 6) is -2.09. The monoisotopic (exact) mass is 277 g/mol. The number of aliphatic hydroxyl groups excluding tert-OH is 1. The molecule has 0 spiro atoms. The summed E-state index contributed by atoms with van der Waals surface area (Å²) < 4.78 is 13.6. The summed E-state index contributed by atoms with van der Waals surface area (Å²) in [6.07, 6.45) is -1.59. The van der Waals surface area contributed by atoms with Gasteiger partial charge in [-0.25, -0.2) is 4.39 Å². The minimum Gasteiger partial charge on any atom is -0.480 e. The predicted octanol–water partition coefficient (Wildman–Crippen LogP) is 1.03. The molecule has 0 saturated carbocycles. The first-order valence-corrected chi connectivity index (χ1v) is 4.84. The van der Waals surface area contributed by atoms with Crippen LogP contribution in [-0.4, -0.2) is 22.2 Å². The molecule has 4 N–H and O–H groups in total. The Hall–Kier alpha value is -0.980. The molecule has 4 nitrogen and oxygen atoms in total. The van der Waals surface area contributed by atoms with Crippen LogP contribution in [0.4, 0.5) is 4.39 Å². The number of aliphatic hydroxyl groups is 1. The van der Waals surface area contributed by atoms with Gasteiger partial charge >= 0.3 is 5.97 Å². The first-order valence-electron chi connectivity index (χ1n) is 4.05. The van der Waals surface area contributed by atoms with Crippen LogP contribution in [0.2, 0.25) is 0 Å². The fraction of sp³-hybridized carbons (Fsp3) is 0.222. The van der Waals surface area contributed by atoms with Gasteiger partial charge in [-0.2, -0.15) is 0 Å². The Morgan fingerprint density at radius 2 is 2.13 bits per heavy atom. The number of rotatable bonds is 3. The molecular formula is C9H9BrFNO3. The van der Waals surface area contributed by atoms with Crippen molar-refractivity contribution in [2.24, 2.45) is 5.73 Å². The van der Waals surface area contributed by atoms with Crippen LogP contribution in [0.1, 0.15) is 11.7 Å². The van der Waals surface area contributed by atoms with Crippen LogP contribution in [0, 0.1) is 5.82 Å². The molecule has 1 rings (SSSR count). The van der Waals surface area contributed by atoms with Crippen molar-refractivity contribution < 1.29 is 19.4 Å². The van der Waals surface area contributed by atoms with Crippen molar-refractivity contribution in [3.63, 3.8) is 0 Å². The average molecular weight is 278 g/mol. The highest BCUT2D eigenvalue weighted by Crippen LogP contribution is 2.27. The number of carboxylic acid groups (broad SMARTS) is 1. The van der Waals surface area contributed by atoms with Gasteiger partial charge in [0.25, 0.3) is 0 Å². The van der Waals surface area contributed by atoms with Crippen LogP contribution >= 0.6 is 15.9 Å². The maximum atomic E-state index is 13.3. The van der Waals surface area contributed by atoms with Crippen molar-refractivity contribution in [1.82, 2.24) is 0 Å². The number of carboxylic acids is 1. The summed E-state index contributed by atoms with van der Waals surface area (Å²) in [7, 11) is 0. The fourth-order valence-electron chi connectivity index (χ4n) is 1.11. The number of halogens is 2. The predicted molar refractivity (Wildman–Crippen MR) is 54.7 cm³/mol. The molecular weight excluding hydrogens is 269 g/mol. The zero-order chi connectivity index (χ0) is 11.6. The summed E-state index contributed by atoms with van der Waals surface area (Å²) in [5.41, 5.74) is 5.05. The Balaban J connectivity index is 3.10. The number of hydrogen-bond acceptors (Lipinski definition) is 3. The lowest BCUT2D eigenvalue weighted by Gasteiger charge is -2.17. The summed E-state index contributed by atoms with van der Waals surface area (Å²) in [6, 6.07) is 2.49. The largest absolute Gasteiger partial charge is 0.480 e. The molecule has 2 atom stereocenters. The molecule has 0 saturated heterocycles. The van der Waals surface area contributed by atoms with E-state index in [9.17, 15) is 14.3 Å². The van der Waals surface area contributed by atoms with Gasteiger partial charge in [-0.05, 0) is 12.1 Å². The molecule has 0 aromatic heterocycles. The molecule has 0 fully saturated rings. The normalized spacial score (nSPS) is 14.7. The van der Waals surface area contributed by atoms with Crippen molar-refractivity contribution in [3.05, 3.63) is 34.1 Å². The number of nitrogens with two attached hydrogens (primary N) is 1. The summed E-state index contributed by atoms with van der Waals surface area (Å²) >= 11 is 3.02. The van der Waals surface area contributed by atoms with Gasteiger partial charge in [-0.15, -0.1) is 0 Å². The van der Waals surface area contributed by atoms with E-state index in [-0.39, 0.29) is 10.0 Å². The van der Waals surface area contributed by atoms with Crippen LogP contribution in [0.15, 0.2) is 22.7 Å². The van der Waals surface area contributed by atoms with Crippen LogP contribution < -0.4 is 5.73 Å². The van der Waals surface area contributed by atoms with Gasteiger partial charge in [0.1, 0.15) is 18.0 Å². The van der Waals surface area contributed by atoms with Crippen LogP contribution in [-0.2, 0) is 4.79 Å². The molecule has 0 amide bonds. The number of carbonyl (C=O) groups is 1. The molecule has 1 aromatic rings. The van der Waals surface area contributed by atoms with Crippen LogP contribution in [0.25, 0.3) is 0 Å². The number of hydrogen-bond donors (Lipinski definition) is 3. The van der Waals surface area contributed by atoms with E-state index in [1.54, 1.807) is 0 Å². The van der Waals surface area contributed by atoms with Gasteiger partial charge in [-0.1, -0.05) is 22.0 Å². The van der Waals surface area contributed by atoms with E-state index >= 15 is 0 Å². The van der Waals surface area contributed by atoms with Crippen molar-refractivity contribution in [1.29, 1.82) is 0 Å². The molecule has 0 radical (unpaired) electrons. The maximum Gasteiger partial charge on any atom is 0.323 e. The SMILES string of the molecule is NC(C(=O)O)C(O)c1c(F)cccc1Br. The minimum atomic E-state index is -1.59. The summed E-state index contributed by atoms with van der Waals surface area (Å²) in [4.78, 5) is 10.5. The molecule has 15 heavy (non-hydrogen) atoms. The molecule has 0 heterocycles. The highest BCUT2D eigenvalue weighted by molar-refractivity contribution is 9.10. The second-order valence-electron chi connectivity index (χ2n) is 2.94. The van der Waals surface area contributed by atoms with Crippen molar-refractivity contribution in [3.8, 4) is 0 Å². The second kappa shape index (κ2) is 4.69. The third-order valence-corrected chi connectivity index (χ3v) is 2.61. The third kappa shape index (κ3) is 2.53. The van der Waals surface area contributed by atoms with Gasteiger partial charge in [0.05, 0.1) is 0 Å². The molecule has 0 aliphatic carbocycles. The lowest BCUT2D eigenvalue weighted by molar-refractivity contribution is -0.141. The van der Waals surface area contributed by atoms with Gasteiger partial charge in [-0.3, -0.25) is 4.79 Å². The van der Waals surface area contributed by atoms with E-state index in [4.69, 9.17) is 10.8 Å². The molecule has 82 valence electrons. The number of benzene rings is 1. The topological polar surface area (TPSA) is 83.6 Å². The lowest BCUT2D eigenvalue weighted by Crippen LogP contribution is -2.37. The fourth-order valence-corrected chi connectivity index (χ4v) is 1.68. The van der Waals surface area contributed by atoms with Gasteiger partial charge in [0, 0.05) is 10.0 Å². The van der Waals surface area contributed by atoms with Crippen LogP contribution in [0.5, 0.6) is 0 Å². The second-order valence-corrected chi connectivity index (χ2v) is 3.80. The highest BCUT2D eigenvalue weighted by Gasteiger charge is 2.27. The highest BCUT2D eigenvalue weighted by atomic mass is 79.9. The van der Waals surface area contributed by atoms with E-state index in [1.807, 2.05) is 0 Å². The van der Waals surface area contributed by atoms with Gasteiger partial charge in [0.15, 0.2) is 0 Å². The Bertz CT molecular complexity index is 365. The van der Waals surface area contributed by atoms with E-state index in [2.05, 4.69) is 15.9 Å². The van der Waals surface area contributed by atoms with Crippen LogP contribution in [0.3, 0.4) is 0 Å². The summed E-state index contributed by atoms with van der Waals surface area (Å²) in [6.45, 7) is 0. The quantitative estimate of drug-likeness (QED) is 0.771. The van der Waals surface area contributed by atoms with Crippen molar-refractivity contribution in [2.75, 3.05) is 0 Å².